The fraction of sp³-hybridized carbons (Fsp3) is 0.684. The van der Waals surface area contributed by atoms with Crippen LogP contribution in [0, 0.1) is 5.92 Å². The van der Waals surface area contributed by atoms with E-state index in [9.17, 15) is 0 Å². The van der Waals surface area contributed by atoms with Crippen LogP contribution < -0.4 is 5.73 Å². The molecule has 0 spiro atoms. The van der Waals surface area contributed by atoms with Gasteiger partial charge in [-0.2, -0.15) is 0 Å². The molecule has 3 nitrogen and oxygen atoms in total. The molecule has 1 saturated carbocycles. The maximum absolute atomic E-state index is 5.95. The average Bonchev–Trinajstić information content (AvgIpc) is 3.00. The number of ether oxygens (including phenoxy) is 1. The molecule has 0 amide bonds. The quantitative estimate of drug-likeness (QED) is 0.840. The molecule has 0 bridgehead atoms. The van der Waals surface area contributed by atoms with Crippen LogP contribution >= 0.6 is 0 Å². The Labute approximate surface area is 134 Å². The van der Waals surface area contributed by atoms with Crippen molar-refractivity contribution in [3.8, 4) is 0 Å². The summed E-state index contributed by atoms with van der Waals surface area (Å²) in [5.41, 5.74) is 8.15. The predicted octanol–water partition coefficient (Wildman–Crippen LogP) is 3.83. The van der Waals surface area contributed by atoms with E-state index in [2.05, 4.69) is 30.0 Å². The van der Waals surface area contributed by atoms with Gasteiger partial charge in [-0.3, -0.25) is 4.90 Å². The Balaban J connectivity index is 1.67. The number of nitrogen functional groups attached to an aromatic ring is 1. The van der Waals surface area contributed by atoms with Crippen molar-refractivity contribution >= 4 is 5.69 Å². The minimum absolute atomic E-state index is 0.431. The summed E-state index contributed by atoms with van der Waals surface area (Å²) in [5, 5.41) is 0. The lowest BCUT2D eigenvalue weighted by atomic mass is 9.86. The molecule has 0 radical (unpaired) electrons. The van der Waals surface area contributed by atoms with Crippen LogP contribution in [0.5, 0.6) is 0 Å². The average molecular weight is 302 g/mol. The fourth-order valence-electron chi connectivity index (χ4n) is 3.93. The minimum Gasteiger partial charge on any atom is -0.399 e. The molecule has 0 aromatic heterocycles. The van der Waals surface area contributed by atoms with Gasteiger partial charge in [-0.05, 0) is 62.1 Å². The van der Waals surface area contributed by atoms with Gasteiger partial charge in [-0.1, -0.05) is 19.1 Å². The molecule has 1 aromatic rings. The van der Waals surface area contributed by atoms with E-state index in [1.54, 1.807) is 0 Å². The molecule has 2 fully saturated rings. The molecule has 1 aromatic carbocycles. The van der Waals surface area contributed by atoms with Gasteiger partial charge in [0.25, 0.3) is 0 Å². The van der Waals surface area contributed by atoms with E-state index in [4.69, 9.17) is 10.5 Å². The summed E-state index contributed by atoms with van der Waals surface area (Å²) in [6.07, 6.45) is 8.26. The van der Waals surface area contributed by atoms with E-state index in [1.807, 2.05) is 6.07 Å². The smallest absolute Gasteiger partial charge is 0.0703 e. The maximum Gasteiger partial charge on any atom is 0.0703 e. The second-order valence-electron chi connectivity index (χ2n) is 7.22. The number of anilines is 1. The number of nitrogens with two attached hydrogens (primary N) is 1. The van der Waals surface area contributed by atoms with E-state index >= 15 is 0 Å². The van der Waals surface area contributed by atoms with Crippen LogP contribution in [0.25, 0.3) is 0 Å². The van der Waals surface area contributed by atoms with E-state index in [1.165, 1.54) is 44.1 Å². The summed E-state index contributed by atoms with van der Waals surface area (Å²) in [7, 11) is 0. The zero-order valence-corrected chi connectivity index (χ0v) is 13.8. The summed E-state index contributed by atoms with van der Waals surface area (Å²) in [5.74, 6) is 0.896. The van der Waals surface area contributed by atoms with Crippen LogP contribution in [0.15, 0.2) is 24.3 Å². The van der Waals surface area contributed by atoms with E-state index < -0.39 is 0 Å². The summed E-state index contributed by atoms with van der Waals surface area (Å²) in [6, 6.07) is 9.06. The molecule has 1 saturated heterocycles. The highest BCUT2D eigenvalue weighted by atomic mass is 16.5. The van der Waals surface area contributed by atoms with Gasteiger partial charge in [0.15, 0.2) is 0 Å². The molecule has 1 aliphatic carbocycles. The summed E-state index contributed by atoms with van der Waals surface area (Å²) >= 11 is 0. The third kappa shape index (κ3) is 4.23. The van der Waals surface area contributed by atoms with Gasteiger partial charge in [0.05, 0.1) is 6.10 Å². The zero-order valence-electron chi connectivity index (χ0n) is 13.8. The predicted molar refractivity (Wildman–Crippen MR) is 91.7 cm³/mol. The second kappa shape index (κ2) is 7.47. The van der Waals surface area contributed by atoms with Crippen LogP contribution in [0.3, 0.4) is 0 Å². The largest absolute Gasteiger partial charge is 0.399 e. The van der Waals surface area contributed by atoms with E-state index in [0.29, 0.717) is 12.1 Å². The van der Waals surface area contributed by atoms with Gasteiger partial charge in [0.2, 0.25) is 0 Å². The van der Waals surface area contributed by atoms with Gasteiger partial charge in [0.1, 0.15) is 0 Å². The lowest BCUT2D eigenvalue weighted by Crippen LogP contribution is -2.41. The second-order valence-corrected chi connectivity index (χ2v) is 7.22. The van der Waals surface area contributed by atoms with Crippen LogP contribution in [0.4, 0.5) is 5.69 Å². The van der Waals surface area contributed by atoms with E-state index in [0.717, 1.165) is 31.3 Å². The molecule has 3 rings (SSSR count). The molecular weight excluding hydrogens is 272 g/mol. The third-order valence-corrected chi connectivity index (χ3v) is 5.30. The lowest BCUT2D eigenvalue weighted by molar-refractivity contribution is 0.0410. The number of nitrogens with zero attached hydrogens (tertiary/aromatic N) is 1. The lowest BCUT2D eigenvalue weighted by Gasteiger charge is -2.37. The van der Waals surface area contributed by atoms with Crippen molar-refractivity contribution in [1.29, 1.82) is 0 Å². The molecule has 1 unspecified atom stereocenters. The van der Waals surface area contributed by atoms with Gasteiger partial charge in [-0.25, -0.2) is 0 Å². The summed E-state index contributed by atoms with van der Waals surface area (Å²) < 4.78 is 5.89. The van der Waals surface area contributed by atoms with Crippen LogP contribution in [-0.4, -0.2) is 30.2 Å². The Kier molecular flexibility index (Phi) is 5.37. The highest BCUT2D eigenvalue weighted by molar-refractivity contribution is 5.40. The van der Waals surface area contributed by atoms with Crippen molar-refractivity contribution in [1.82, 2.24) is 4.90 Å². The van der Waals surface area contributed by atoms with Crippen LogP contribution in [0.1, 0.15) is 51.0 Å². The van der Waals surface area contributed by atoms with Crippen LogP contribution in [0.2, 0.25) is 0 Å². The Hall–Kier alpha value is -1.06. The molecule has 3 heteroatoms. The highest BCUT2D eigenvalue weighted by Gasteiger charge is 2.27. The number of benzene rings is 1. The molecule has 122 valence electrons. The fourth-order valence-corrected chi connectivity index (χ4v) is 3.93. The SMILES string of the molecule is CC1CCC(N(Cc2cccc(N)c2)CC2CCCO2)CC1. The molecule has 1 atom stereocenters. The van der Waals surface area contributed by atoms with Gasteiger partial charge < -0.3 is 10.5 Å². The van der Waals surface area contributed by atoms with E-state index in [-0.39, 0.29) is 0 Å². The Morgan fingerprint density at radius 3 is 2.68 bits per heavy atom. The first-order valence-electron chi connectivity index (χ1n) is 8.91. The number of rotatable bonds is 5. The number of hydrogen-bond donors (Lipinski definition) is 1. The molecule has 2 aliphatic rings. The van der Waals surface area contributed by atoms with Crippen molar-refractivity contribution < 1.29 is 4.74 Å². The Morgan fingerprint density at radius 2 is 2.00 bits per heavy atom. The van der Waals surface area contributed by atoms with Gasteiger partial charge >= 0.3 is 0 Å². The van der Waals surface area contributed by atoms with Gasteiger partial charge in [-0.15, -0.1) is 0 Å². The molecule has 2 N–H and O–H groups in total. The number of hydrogen-bond acceptors (Lipinski definition) is 3. The van der Waals surface area contributed by atoms with Crippen molar-refractivity contribution in [3.05, 3.63) is 29.8 Å². The first-order chi connectivity index (χ1) is 10.7. The standard InChI is InChI=1S/C19H30N2O/c1-15-7-9-18(10-8-15)21(14-19-6-3-11-22-19)13-16-4-2-5-17(20)12-16/h2,4-5,12,15,18-19H,3,6-11,13-14,20H2,1H3. The third-order valence-electron chi connectivity index (χ3n) is 5.30. The van der Waals surface area contributed by atoms with Gasteiger partial charge in [0, 0.05) is 31.4 Å². The van der Waals surface area contributed by atoms with Crippen molar-refractivity contribution in [2.24, 2.45) is 5.92 Å². The summed E-state index contributed by atoms with van der Waals surface area (Å²) in [6.45, 7) is 5.41. The summed E-state index contributed by atoms with van der Waals surface area (Å²) in [4.78, 5) is 2.66. The maximum atomic E-state index is 5.95. The highest BCUT2D eigenvalue weighted by Crippen LogP contribution is 2.29. The zero-order chi connectivity index (χ0) is 15.4. The van der Waals surface area contributed by atoms with Crippen molar-refractivity contribution in [3.63, 3.8) is 0 Å². The van der Waals surface area contributed by atoms with Crippen molar-refractivity contribution in [2.75, 3.05) is 18.9 Å². The normalized spacial score (nSPS) is 29.1. The molecule has 1 heterocycles. The first-order valence-corrected chi connectivity index (χ1v) is 8.91. The first kappa shape index (κ1) is 15.8. The molecular formula is C19H30N2O. The van der Waals surface area contributed by atoms with Crippen molar-refractivity contribution in [2.45, 2.75) is 64.1 Å². The molecule has 22 heavy (non-hydrogen) atoms. The topological polar surface area (TPSA) is 38.5 Å². The monoisotopic (exact) mass is 302 g/mol. The Morgan fingerprint density at radius 1 is 1.18 bits per heavy atom. The minimum atomic E-state index is 0.431. The van der Waals surface area contributed by atoms with Crippen LogP contribution in [-0.2, 0) is 11.3 Å². The molecule has 1 aliphatic heterocycles. The Bertz CT molecular complexity index is 462.